The van der Waals surface area contributed by atoms with Crippen LogP contribution in [-0.2, 0) is 60.6 Å². The Hall–Kier alpha value is -0.343. The minimum Gasteiger partial charge on any atom is -0.382 e. The fourth-order valence-electron chi connectivity index (χ4n) is 3.97. The highest BCUT2D eigenvalue weighted by Gasteiger charge is 2.39. The Bertz CT molecular complexity index is 538. The fraction of sp³-hybridized carbons (Fsp3) is 1.00. The first-order valence-electron chi connectivity index (χ1n) is 17.0. The average Bonchev–Trinajstić information content (AvgIpc) is 3.05. The predicted octanol–water partition coefficient (Wildman–Crippen LogP) is 2.50. The first-order valence-corrected chi connectivity index (χ1v) is 18.9. The summed E-state index contributed by atoms with van der Waals surface area (Å²) >= 11 is 0. The maximum absolute atomic E-state index is 6.01. The quantitative estimate of drug-likeness (QED) is 0.0532. The van der Waals surface area contributed by atoms with Gasteiger partial charge in [-0.25, -0.2) is 0 Å². The molecule has 0 radical (unpaired) electrons. The molecule has 0 aliphatic rings. The molecule has 46 heavy (non-hydrogen) atoms. The number of hydrogen-bond donors (Lipinski definition) is 0. The summed E-state index contributed by atoms with van der Waals surface area (Å²) in [7, 11) is -1.04. The van der Waals surface area contributed by atoms with Crippen LogP contribution in [-0.4, -0.2) is 179 Å². The van der Waals surface area contributed by atoms with Gasteiger partial charge in [0.15, 0.2) is 0 Å². The molecular weight excluding hydrogens is 622 g/mol. The van der Waals surface area contributed by atoms with Crippen molar-refractivity contribution in [1.29, 1.82) is 0 Å². The molecule has 0 aliphatic heterocycles. The third-order valence-electron chi connectivity index (χ3n) is 6.12. The molecule has 0 fully saturated rings. The molecule has 15 heteroatoms. The highest BCUT2D eigenvalue weighted by molar-refractivity contribution is 6.60. The van der Waals surface area contributed by atoms with Crippen LogP contribution in [0.5, 0.6) is 0 Å². The highest BCUT2D eigenvalue weighted by Crippen LogP contribution is 2.18. The largest absolute Gasteiger partial charge is 0.500 e. The van der Waals surface area contributed by atoms with Gasteiger partial charge in [0.25, 0.3) is 0 Å². The molecule has 0 aliphatic carbocycles. The van der Waals surface area contributed by atoms with Crippen molar-refractivity contribution in [3.63, 3.8) is 0 Å². The molecule has 0 unspecified atom stereocenters. The van der Waals surface area contributed by atoms with E-state index in [4.69, 9.17) is 60.6 Å². The van der Waals surface area contributed by atoms with Crippen molar-refractivity contribution in [1.82, 2.24) is 4.90 Å². The van der Waals surface area contributed by atoms with E-state index >= 15 is 0 Å². The number of ether oxygens (including phenoxy) is 10. The Morgan fingerprint density at radius 3 is 1.15 bits per heavy atom. The van der Waals surface area contributed by atoms with Crippen LogP contribution in [0.2, 0.25) is 6.04 Å². The van der Waals surface area contributed by atoms with Gasteiger partial charge >= 0.3 is 8.80 Å². The van der Waals surface area contributed by atoms with Crippen molar-refractivity contribution in [3.05, 3.63) is 0 Å². The second-order valence-electron chi connectivity index (χ2n) is 9.72. The molecule has 0 saturated carbocycles. The molecule has 0 bridgehead atoms. The molecule has 0 N–H and O–H groups in total. The molecule has 0 atom stereocenters. The van der Waals surface area contributed by atoms with Gasteiger partial charge in [0.05, 0.1) is 119 Å². The van der Waals surface area contributed by atoms with Crippen molar-refractivity contribution in [2.24, 2.45) is 0 Å². The van der Waals surface area contributed by atoms with Crippen LogP contribution in [0.1, 0.15) is 34.1 Å². The molecule has 0 spiro atoms. The van der Waals surface area contributed by atoms with E-state index in [-0.39, 0.29) is 0 Å². The number of nitrogens with zero attached hydrogens (tertiary/aromatic N) is 1. The van der Waals surface area contributed by atoms with Crippen LogP contribution in [0.3, 0.4) is 0 Å². The second kappa shape index (κ2) is 37.5. The fourth-order valence-corrected chi connectivity index (χ4v) is 6.57. The predicted molar refractivity (Wildman–Crippen MR) is 177 cm³/mol. The number of methoxy groups -OCH3 is 1. The standard InChI is InChI=1S/C31H67NO13Si/c1-6-34-16-17-37-22-23-40-26-27-41-28-29-42-31-32(11-10-30-46(43-7-2,44-8-3)45-9-4)12-13-35-18-19-38-24-25-39-21-20-36-15-14-33-5/h6-31H2,1-5H3. The Labute approximate surface area is 280 Å². The normalized spacial score (nSPS) is 12.1. The SMILES string of the molecule is CCOCCOCCOCCOCCOCN(CCC[Si](OCC)(OCC)OCC)CCOCCOCCOCCOCCOC. The molecule has 0 aromatic rings. The van der Waals surface area contributed by atoms with Crippen molar-refractivity contribution < 1.29 is 60.6 Å². The zero-order valence-electron chi connectivity index (χ0n) is 29.6. The summed E-state index contributed by atoms with van der Waals surface area (Å²) in [6.07, 6.45) is 0.860. The van der Waals surface area contributed by atoms with Gasteiger partial charge in [-0.2, -0.15) is 0 Å². The molecule has 0 aromatic heterocycles. The number of rotatable bonds is 40. The van der Waals surface area contributed by atoms with Gasteiger partial charge in [-0.3, -0.25) is 4.90 Å². The molecule has 0 aromatic carbocycles. The van der Waals surface area contributed by atoms with E-state index in [0.29, 0.717) is 145 Å². The Balaban J connectivity index is 4.23. The summed E-state index contributed by atoms with van der Waals surface area (Å²) in [4.78, 5) is 2.22. The van der Waals surface area contributed by atoms with E-state index in [0.717, 1.165) is 25.6 Å². The molecule has 0 saturated heterocycles. The Kier molecular flexibility index (Phi) is 37.2. The van der Waals surface area contributed by atoms with Crippen LogP contribution in [0.4, 0.5) is 0 Å². The van der Waals surface area contributed by atoms with E-state index in [2.05, 4.69) is 4.90 Å². The van der Waals surface area contributed by atoms with Gasteiger partial charge in [0.1, 0.15) is 0 Å². The van der Waals surface area contributed by atoms with Gasteiger partial charge in [0, 0.05) is 52.7 Å². The topological polar surface area (TPSA) is 123 Å². The molecular formula is C31H67NO13Si. The Morgan fingerprint density at radius 2 is 0.761 bits per heavy atom. The summed E-state index contributed by atoms with van der Waals surface area (Å²) in [5, 5.41) is 0. The third-order valence-corrected chi connectivity index (χ3v) is 9.27. The highest BCUT2D eigenvalue weighted by atomic mass is 28.4. The third kappa shape index (κ3) is 31.0. The summed E-state index contributed by atoms with van der Waals surface area (Å²) in [6.45, 7) is 21.5. The molecule has 0 rings (SSSR count). The van der Waals surface area contributed by atoms with Gasteiger partial charge in [0.2, 0.25) is 0 Å². The van der Waals surface area contributed by atoms with E-state index in [1.807, 2.05) is 27.7 Å². The molecule has 0 heterocycles. The number of hydrogen-bond acceptors (Lipinski definition) is 14. The molecule has 14 nitrogen and oxygen atoms in total. The van der Waals surface area contributed by atoms with Crippen molar-refractivity contribution >= 4 is 8.80 Å². The van der Waals surface area contributed by atoms with E-state index in [9.17, 15) is 0 Å². The van der Waals surface area contributed by atoms with Crippen LogP contribution in [0.25, 0.3) is 0 Å². The van der Waals surface area contributed by atoms with Crippen LogP contribution < -0.4 is 0 Å². The van der Waals surface area contributed by atoms with Crippen LogP contribution in [0, 0.1) is 0 Å². The first kappa shape index (κ1) is 45.7. The van der Waals surface area contributed by atoms with Crippen LogP contribution >= 0.6 is 0 Å². The lowest BCUT2D eigenvalue weighted by atomic mass is 10.4. The molecule has 278 valence electrons. The lowest BCUT2D eigenvalue weighted by Crippen LogP contribution is -2.46. The minimum absolute atomic E-state index is 0.470. The summed E-state index contributed by atoms with van der Waals surface area (Å²) in [5.74, 6) is 0. The monoisotopic (exact) mass is 689 g/mol. The summed E-state index contributed by atoms with van der Waals surface area (Å²) in [6, 6.07) is 0.746. The van der Waals surface area contributed by atoms with Crippen LogP contribution in [0.15, 0.2) is 0 Å². The summed E-state index contributed by atoms with van der Waals surface area (Å²) in [5.41, 5.74) is 0. The van der Waals surface area contributed by atoms with Gasteiger partial charge < -0.3 is 60.6 Å². The first-order chi connectivity index (χ1) is 22.7. The lowest BCUT2D eigenvalue weighted by molar-refractivity contribution is -0.0344. The van der Waals surface area contributed by atoms with Gasteiger partial charge in [-0.1, -0.05) is 0 Å². The van der Waals surface area contributed by atoms with Gasteiger partial charge in [-0.05, 0) is 34.1 Å². The minimum atomic E-state index is -2.69. The smallest absolute Gasteiger partial charge is 0.382 e. The van der Waals surface area contributed by atoms with E-state index < -0.39 is 8.80 Å². The zero-order chi connectivity index (χ0) is 33.7. The van der Waals surface area contributed by atoms with E-state index in [1.54, 1.807) is 7.11 Å². The zero-order valence-corrected chi connectivity index (χ0v) is 30.6. The van der Waals surface area contributed by atoms with E-state index in [1.165, 1.54) is 0 Å². The lowest BCUT2D eigenvalue weighted by Gasteiger charge is -2.29. The average molecular weight is 690 g/mol. The van der Waals surface area contributed by atoms with Crippen molar-refractivity contribution in [2.75, 3.05) is 166 Å². The van der Waals surface area contributed by atoms with Gasteiger partial charge in [-0.15, -0.1) is 0 Å². The second-order valence-corrected chi connectivity index (χ2v) is 12.4. The van der Waals surface area contributed by atoms with Crippen molar-refractivity contribution in [2.45, 2.75) is 40.2 Å². The Morgan fingerprint density at radius 1 is 0.391 bits per heavy atom. The van der Waals surface area contributed by atoms with Crippen molar-refractivity contribution in [3.8, 4) is 0 Å². The maximum atomic E-state index is 6.01. The summed E-state index contributed by atoms with van der Waals surface area (Å²) < 4.78 is 72.9. The molecule has 0 amide bonds. The maximum Gasteiger partial charge on any atom is 0.500 e.